The number of nitrogens with zero attached hydrogens (tertiary/aromatic N) is 3. The molecule has 5 atom stereocenters. The lowest BCUT2D eigenvalue weighted by Crippen LogP contribution is -2.52. The molecular formula is C40H58N10O9. The number of Topliss-reactive ketones (excluding diaryl/α,β-unsaturated/α-hetero) is 2. The third kappa shape index (κ3) is 16.2. The Hall–Kier alpha value is -6.27. The second-order valence-electron chi connectivity index (χ2n) is 14.6. The number of imidazole rings is 1. The van der Waals surface area contributed by atoms with Crippen LogP contribution in [0.25, 0.3) is 0 Å². The van der Waals surface area contributed by atoms with Gasteiger partial charge in [-0.2, -0.15) is 0 Å². The molecule has 1 aliphatic heterocycles. The summed E-state index contributed by atoms with van der Waals surface area (Å²) in [6.45, 7) is 7.88. The molecule has 0 unspecified atom stereocenters. The summed E-state index contributed by atoms with van der Waals surface area (Å²) in [5, 5.41) is 30.1. The fourth-order valence-corrected chi connectivity index (χ4v) is 6.62. The summed E-state index contributed by atoms with van der Waals surface area (Å²) in [6, 6.07) is 1.59. The highest BCUT2D eigenvalue weighted by atomic mass is 16.4. The van der Waals surface area contributed by atoms with Crippen LogP contribution in [0.2, 0.25) is 0 Å². The van der Waals surface area contributed by atoms with Crippen LogP contribution in [-0.2, 0) is 46.4 Å². The number of aromatic amines is 1. The number of H-pyrrole nitrogens is 1. The van der Waals surface area contributed by atoms with Crippen LogP contribution in [0.15, 0.2) is 54.1 Å². The van der Waals surface area contributed by atoms with Gasteiger partial charge < -0.3 is 52.8 Å². The van der Waals surface area contributed by atoms with E-state index in [1.807, 2.05) is 6.92 Å². The number of benzene rings is 1. The van der Waals surface area contributed by atoms with E-state index in [1.54, 1.807) is 17.0 Å². The van der Waals surface area contributed by atoms with E-state index in [9.17, 15) is 43.8 Å². The lowest BCUT2D eigenvalue weighted by molar-refractivity contribution is -0.139. The van der Waals surface area contributed by atoms with Crippen molar-refractivity contribution in [2.24, 2.45) is 16.5 Å². The summed E-state index contributed by atoms with van der Waals surface area (Å²) in [5.74, 6) is -3.94. The number of ketones is 2. The highest BCUT2D eigenvalue weighted by Crippen LogP contribution is 2.24. The molecule has 0 saturated carbocycles. The van der Waals surface area contributed by atoms with Crippen LogP contribution >= 0.6 is 0 Å². The number of carboxylic acid groups (broad SMARTS) is 1. The number of aromatic nitrogens is 2. The molecule has 2 heterocycles. The molecule has 1 aromatic heterocycles. The number of phenolic OH excluding ortho intramolecular Hbond substituents is 1. The number of aliphatic imine (C=N–C) groups is 1. The summed E-state index contributed by atoms with van der Waals surface area (Å²) in [6.07, 6.45) is 4.56. The maximum absolute atomic E-state index is 14.0. The molecule has 0 spiro atoms. The van der Waals surface area contributed by atoms with Crippen molar-refractivity contribution in [3.8, 4) is 5.75 Å². The number of amides is 4. The van der Waals surface area contributed by atoms with Crippen LogP contribution < -0.4 is 32.7 Å². The molecule has 0 radical (unpaired) electrons. The van der Waals surface area contributed by atoms with Crippen molar-refractivity contribution in [2.45, 2.75) is 121 Å². The minimum Gasteiger partial charge on any atom is -0.508 e. The molecule has 2 aromatic rings. The van der Waals surface area contributed by atoms with Crippen molar-refractivity contribution in [3.05, 3.63) is 60.3 Å². The summed E-state index contributed by atoms with van der Waals surface area (Å²) < 4.78 is 0. The predicted molar refractivity (Wildman–Crippen MR) is 217 cm³/mol. The molecule has 1 fully saturated rings. The van der Waals surface area contributed by atoms with Crippen LogP contribution in [0, 0.1) is 0 Å². The van der Waals surface area contributed by atoms with Gasteiger partial charge >= 0.3 is 5.97 Å². The first kappa shape index (κ1) is 47.1. The topological polar surface area (TPSA) is 304 Å². The average Bonchev–Trinajstić information content (AvgIpc) is 3.90. The Labute approximate surface area is 343 Å². The van der Waals surface area contributed by atoms with E-state index in [4.69, 9.17) is 11.5 Å². The van der Waals surface area contributed by atoms with E-state index in [-0.39, 0.29) is 81.3 Å². The second-order valence-corrected chi connectivity index (χ2v) is 14.6. The summed E-state index contributed by atoms with van der Waals surface area (Å²) in [7, 11) is 0. The molecule has 322 valence electrons. The van der Waals surface area contributed by atoms with Gasteiger partial charge in [-0.15, -0.1) is 0 Å². The van der Waals surface area contributed by atoms with Gasteiger partial charge in [0.25, 0.3) is 0 Å². The van der Waals surface area contributed by atoms with E-state index in [2.05, 4.69) is 42.8 Å². The van der Waals surface area contributed by atoms with Gasteiger partial charge in [0, 0.05) is 69.2 Å². The van der Waals surface area contributed by atoms with E-state index < -0.39 is 59.7 Å². The summed E-state index contributed by atoms with van der Waals surface area (Å²) in [4.78, 5) is 104. The number of carbonyl (C=O) groups excluding carboxylic acids is 6. The van der Waals surface area contributed by atoms with Gasteiger partial charge in [-0.3, -0.25) is 38.6 Å². The Morgan fingerprint density at radius 2 is 1.51 bits per heavy atom. The minimum absolute atomic E-state index is 0.00426. The Balaban J connectivity index is 1.68. The van der Waals surface area contributed by atoms with Gasteiger partial charge in [0.15, 0.2) is 17.5 Å². The van der Waals surface area contributed by atoms with Crippen LogP contribution in [0.3, 0.4) is 0 Å². The first-order chi connectivity index (χ1) is 28.1. The number of nitrogens with one attached hydrogen (secondary N) is 5. The van der Waals surface area contributed by atoms with Crippen molar-refractivity contribution in [2.75, 3.05) is 13.1 Å². The predicted octanol–water partition coefficient (Wildman–Crippen LogP) is 0.475. The molecule has 1 aliphatic rings. The largest absolute Gasteiger partial charge is 0.508 e. The molecule has 11 N–H and O–H groups in total. The van der Waals surface area contributed by atoms with E-state index in [0.717, 1.165) is 0 Å². The van der Waals surface area contributed by atoms with Gasteiger partial charge in [-0.05, 0) is 63.1 Å². The van der Waals surface area contributed by atoms with Crippen LogP contribution in [0.1, 0.15) is 89.3 Å². The van der Waals surface area contributed by atoms with E-state index >= 15 is 0 Å². The molecule has 0 aliphatic carbocycles. The number of aliphatic carboxylic acids is 1. The molecule has 19 nitrogen and oxygen atoms in total. The van der Waals surface area contributed by atoms with Gasteiger partial charge in [0.1, 0.15) is 17.8 Å². The van der Waals surface area contributed by atoms with Crippen molar-refractivity contribution in [1.82, 2.24) is 36.1 Å². The number of aromatic hydroxyl groups is 1. The maximum Gasteiger partial charge on any atom is 0.325 e. The number of carboxylic acids is 1. The number of hydrogen-bond acceptors (Lipinski definition) is 11. The Kier molecular flexibility index (Phi) is 19.0. The molecule has 1 aromatic carbocycles. The zero-order chi connectivity index (χ0) is 43.5. The zero-order valence-electron chi connectivity index (χ0n) is 33.7. The summed E-state index contributed by atoms with van der Waals surface area (Å²) >= 11 is 0. The van der Waals surface area contributed by atoms with Crippen molar-refractivity contribution in [1.29, 1.82) is 0 Å². The number of hydrogen-bond donors (Lipinski definition) is 9. The van der Waals surface area contributed by atoms with E-state index in [0.29, 0.717) is 49.2 Å². The molecule has 0 bridgehead atoms. The molecular weight excluding hydrogens is 765 g/mol. The monoisotopic (exact) mass is 822 g/mol. The zero-order valence-corrected chi connectivity index (χ0v) is 33.7. The quantitative estimate of drug-likeness (QED) is 0.0355. The molecule has 3 rings (SSSR count). The first-order valence-electron chi connectivity index (χ1n) is 19.8. The van der Waals surface area contributed by atoms with Crippen LogP contribution in [0.4, 0.5) is 0 Å². The van der Waals surface area contributed by atoms with Crippen LogP contribution in [0.5, 0.6) is 5.75 Å². The highest BCUT2D eigenvalue weighted by molar-refractivity contribution is 5.95. The van der Waals surface area contributed by atoms with Crippen LogP contribution in [-0.4, -0.2) is 116 Å². The van der Waals surface area contributed by atoms with Crippen molar-refractivity contribution < 1.29 is 43.8 Å². The minimum atomic E-state index is -1.10. The molecule has 4 amide bonds. The average molecular weight is 823 g/mol. The van der Waals surface area contributed by atoms with Crippen molar-refractivity contribution in [3.63, 3.8) is 0 Å². The number of guanidine groups is 1. The van der Waals surface area contributed by atoms with Gasteiger partial charge in [0.2, 0.25) is 23.6 Å². The number of carbonyl (C=O) groups is 7. The van der Waals surface area contributed by atoms with E-state index in [1.165, 1.54) is 31.6 Å². The number of phenols is 1. The fourth-order valence-electron chi connectivity index (χ4n) is 6.62. The third-order valence-corrected chi connectivity index (χ3v) is 9.77. The normalized spacial score (nSPS) is 15.5. The first-order valence-corrected chi connectivity index (χ1v) is 19.8. The number of rotatable bonds is 26. The Morgan fingerprint density at radius 1 is 0.898 bits per heavy atom. The second kappa shape index (κ2) is 23.8. The molecule has 1 saturated heterocycles. The maximum atomic E-state index is 14.0. The SMILES string of the molecule is C=C(N[C@H](C)C(=O)O)[C@@H]1CCCN1C(=O)[C@H](Cc1cnc[nH]1)NC(=O)CCC(=O)[C@H](Cc1ccc(O)cc1)NC(=O)CCC(=O)[C@H](CCCN=C(N)N)NC(=O)CCC. The lowest BCUT2D eigenvalue weighted by atomic mass is 9.98. The number of nitrogens with two attached hydrogens (primary N) is 2. The third-order valence-electron chi connectivity index (χ3n) is 9.77. The standard InChI is InChI=1S/C40H58N10O9/c1-4-7-35(54)47-29(8-5-18-44-40(41)42)33(52)14-16-36(55)48-30(20-26-10-12-28(51)13-11-26)34(53)15-17-37(56)49-31(21-27-22-43-23-45-27)38(57)50-19-6-9-32(50)24(2)46-25(3)39(58)59/h10-13,22-23,25,29-32,46,51H,2,4-9,14-21H2,1,3H3,(H,43,45)(H,47,54)(H,48,55)(H,49,56)(H,58,59)(H4,41,42,44)/t25-,29+,30+,31+,32+/m1/s1. The van der Waals surface area contributed by atoms with Gasteiger partial charge in [-0.1, -0.05) is 25.6 Å². The lowest BCUT2D eigenvalue weighted by Gasteiger charge is -2.31. The fraction of sp³-hybridized carbons (Fsp3) is 0.525. The molecule has 59 heavy (non-hydrogen) atoms. The summed E-state index contributed by atoms with van der Waals surface area (Å²) in [5.41, 5.74) is 12.3. The number of likely N-dealkylation sites (tertiary alicyclic amines) is 1. The molecule has 19 heteroatoms. The highest BCUT2D eigenvalue weighted by Gasteiger charge is 2.36. The smallest absolute Gasteiger partial charge is 0.325 e. The van der Waals surface area contributed by atoms with Crippen molar-refractivity contribution >= 4 is 47.1 Å². The Morgan fingerprint density at radius 3 is 2.10 bits per heavy atom. The Bertz CT molecular complexity index is 1800. The van der Waals surface area contributed by atoms with Gasteiger partial charge in [-0.25, -0.2) is 4.98 Å². The van der Waals surface area contributed by atoms with Gasteiger partial charge in [0.05, 0.1) is 24.5 Å².